The van der Waals surface area contributed by atoms with Crippen LogP contribution in [0.2, 0.25) is 0 Å². The highest BCUT2D eigenvalue weighted by Gasteiger charge is 2.01. The molecule has 0 bridgehead atoms. The van der Waals surface area contributed by atoms with Crippen molar-refractivity contribution >= 4 is 5.82 Å². The molecule has 0 radical (unpaired) electrons. The number of nitrogens with two attached hydrogens (primary N) is 1. The number of nitrogen functional groups attached to an aromatic ring is 1. The monoisotopic (exact) mass is 152 g/mol. The number of pyridine rings is 1. The first kappa shape index (κ1) is 8.01. The second-order valence-corrected chi connectivity index (χ2v) is 2.39. The number of hydrogen-bond donors (Lipinski definition) is 1. The van der Waals surface area contributed by atoms with Gasteiger partial charge in [-0.3, -0.25) is 0 Å². The predicted octanol–water partition coefficient (Wildman–Crippen LogP) is 1.37. The van der Waals surface area contributed by atoms with Crippen molar-refractivity contribution in [1.29, 1.82) is 0 Å². The SMILES string of the molecule is COC(C)c1ccc(N)nc1. The quantitative estimate of drug-likeness (QED) is 0.696. The lowest BCUT2D eigenvalue weighted by Gasteiger charge is -2.08. The second kappa shape index (κ2) is 3.34. The Balaban J connectivity index is 2.81. The summed E-state index contributed by atoms with van der Waals surface area (Å²) in [6, 6.07) is 3.68. The van der Waals surface area contributed by atoms with Crippen molar-refractivity contribution in [3.8, 4) is 0 Å². The van der Waals surface area contributed by atoms with Gasteiger partial charge >= 0.3 is 0 Å². The summed E-state index contributed by atoms with van der Waals surface area (Å²) in [5.41, 5.74) is 6.46. The van der Waals surface area contributed by atoms with Gasteiger partial charge in [-0.05, 0) is 18.6 Å². The number of rotatable bonds is 2. The molecule has 11 heavy (non-hydrogen) atoms. The van der Waals surface area contributed by atoms with Gasteiger partial charge in [0, 0.05) is 13.3 Å². The maximum atomic E-state index is 5.42. The van der Waals surface area contributed by atoms with Crippen LogP contribution in [0.25, 0.3) is 0 Å². The van der Waals surface area contributed by atoms with E-state index in [9.17, 15) is 0 Å². The van der Waals surface area contributed by atoms with E-state index in [0.29, 0.717) is 5.82 Å². The molecule has 0 saturated carbocycles. The summed E-state index contributed by atoms with van der Waals surface area (Å²) in [5.74, 6) is 0.539. The highest BCUT2D eigenvalue weighted by molar-refractivity contribution is 5.29. The van der Waals surface area contributed by atoms with Crippen molar-refractivity contribution in [1.82, 2.24) is 4.98 Å². The summed E-state index contributed by atoms with van der Waals surface area (Å²) in [6.45, 7) is 1.97. The van der Waals surface area contributed by atoms with Gasteiger partial charge in [-0.1, -0.05) is 6.07 Å². The smallest absolute Gasteiger partial charge is 0.123 e. The van der Waals surface area contributed by atoms with Gasteiger partial charge in [0.25, 0.3) is 0 Å². The molecule has 0 aliphatic rings. The average molecular weight is 152 g/mol. The summed E-state index contributed by atoms with van der Waals surface area (Å²) < 4.78 is 5.10. The zero-order valence-electron chi connectivity index (χ0n) is 6.74. The van der Waals surface area contributed by atoms with Crippen LogP contribution in [0.15, 0.2) is 18.3 Å². The lowest BCUT2D eigenvalue weighted by atomic mass is 10.2. The van der Waals surface area contributed by atoms with Gasteiger partial charge in [0.05, 0.1) is 6.10 Å². The fourth-order valence-electron chi connectivity index (χ4n) is 0.793. The second-order valence-electron chi connectivity index (χ2n) is 2.39. The molecular weight excluding hydrogens is 140 g/mol. The molecule has 1 unspecified atom stereocenters. The standard InChI is InChI=1S/C8H12N2O/c1-6(11-2)7-3-4-8(9)10-5-7/h3-6H,1-2H3,(H2,9,10). The summed E-state index contributed by atoms with van der Waals surface area (Å²) in [5, 5.41) is 0. The molecule has 3 nitrogen and oxygen atoms in total. The minimum Gasteiger partial charge on any atom is -0.384 e. The van der Waals surface area contributed by atoms with Crippen LogP contribution in [0.5, 0.6) is 0 Å². The van der Waals surface area contributed by atoms with E-state index in [1.54, 1.807) is 19.4 Å². The minimum absolute atomic E-state index is 0.0862. The van der Waals surface area contributed by atoms with Crippen LogP contribution in [0.1, 0.15) is 18.6 Å². The molecule has 0 saturated heterocycles. The van der Waals surface area contributed by atoms with E-state index in [-0.39, 0.29) is 6.10 Å². The molecule has 0 aromatic carbocycles. The van der Waals surface area contributed by atoms with Gasteiger partial charge in [0.1, 0.15) is 5.82 Å². The number of nitrogens with zero attached hydrogens (tertiary/aromatic N) is 1. The van der Waals surface area contributed by atoms with Gasteiger partial charge < -0.3 is 10.5 Å². The third-order valence-corrected chi connectivity index (χ3v) is 1.63. The van der Waals surface area contributed by atoms with E-state index in [0.717, 1.165) is 5.56 Å². The first-order valence-corrected chi connectivity index (χ1v) is 3.48. The fourth-order valence-corrected chi connectivity index (χ4v) is 0.793. The van der Waals surface area contributed by atoms with E-state index in [4.69, 9.17) is 10.5 Å². The average Bonchev–Trinajstić information content (AvgIpc) is 2.05. The number of hydrogen-bond acceptors (Lipinski definition) is 3. The van der Waals surface area contributed by atoms with Gasteiger partial charge in [-0.2, -0.15) is 0 Å². The largest absolute Gasteiger partial charge is 0.384 e. The van der Waals surface area contributed by atoms with E-state index in [1.807, 2.05) is 13.0 Å². The van der Waals surface area contributed by atoms with Crippen LogP contribution in [-0.2, 0) is 4.74 Å². The number of ether oxygens (including phenoxy) is 1. The molecule has 0 fully saturated rings. The number of aromatic nitrogens is 1. The lowest BCUT2D eigenvalue weighted by Crippen LogP contribution is -1.97. The Hall–Kier alpha value is -1.09. The Kier molecular flexibility index (Phi) is 2.44. The Morgan fingerprint density at radius 1 is 1.55 bits per heavy atom. The molecule has 1 aromatic rings. The van der Waals surface area contributed by atoms with Crippen LogP contribution >= 0.6 is 0 Å². The first-order chi connectivity index (χ1) is 5.24. The third-order valence-electron chi connectivity index (χ3n) is 1.63. The minimum atomic E-state index is 0.0862. The highest BCUT2D eigenvalue weighted by atomic mass is 16.5. The molecule has 2 N–H and O–H groups in total. The maximum absolute atomic E-state index is 5.42. The van der Waals surface area contributed by atoms with Crippen LogP contribution in [0.4, 0.5) is 5.82 Å². The molecule has 1 aromatic heterocycles. The lowest BCUT2D eigenvalue weighted by molar-refractivity contribution is 0.119. The van der Waals surface area contributed by atoms with E-state index < -0.39 is 0 Å². The van der Waals surface area contributed by atoms with Gasteiger partial charge in [0.15, 0.2) is 0 Å². The fraction of sp³-hybridized carbons (Fsp3) is 0.375. The van der Waals surface area contributed by atoms with Crippen LogP contribution in [0.3, 0.4) is 0 Å². The summed E-state index contributed by atoms with van der Waals surface area (Å²) in [6.07, 6.45) is 1.81. The first-order valence-electron chi connectivity index (χ1n) is 3.48. The Morgan fingerprint density at radius 2 is 2.27 bits per heavy atom. The summed E-state index contributed by atoms with van der Waals surface area (Å²) >= 11 is 0. The Morgan fingerprint density at radius 3 is 2.73 bits per heavy atom. The zero-order valence-corrected chi connectivity index (χ0v) is 6.74. The van der Waals surface area contributed by atoms with Crippen molar-refractivity contribution in [2.75, 3.05) is 12.8 Å². The molecule has 0 aliphatic carbocycles. The molecule has 60 valence electrons. The summed E-state index contributed by atoms with van der Waals surface area (Å²) in [7, 11) is 1.67. The molecule has 1 atom stereocenters. The number of methoxy groups -OCH3 is 1. The van der Waals surface area contributed by atoms with Crippen molar-refractivity contribution in [3.63, 3.8) is 0 Å². The Labute approximate surface area is 66.2 Å². The van der Waals surface area contributed by atoms with Crippen molar-refractivity contribution in [2.45, 2.75) is 13.0 Å². The molecule has 3 heteroatoms. The van der Waals surface area contributed by atoms with E-state index in [1.165, 1.54) is 0 Å². The molecule has 0 aliphatic heterocycles. The molecular formula is C8H12N2O. The predicted molar refractivity (Wildman–Crippen MR) is 44.1 cm³/mol. The molecule has 1 rings (SSSR count). The maximum Gasteiger partial charge on any atom is 0.123 e. The van der Waals surface area contributed by atoms with Crippen molar-refractivity contribution < 1.29 is 4.74 Å². The third kappa shape index (κ3) is 1.91. The normalized spacial score (nSPS) is 12.9. The summed E-state index contributed by atoms with van der Waals surface area (Å²) in [4.78, 5) is 3.95. The topological polar surface area (TPSA) is 48.1 Å². The molecule has 0 amide bonds. The molecule has 0 spiro atoms. The van der Waals surface area contributed by atoms with Crippen LogP contribution < -0.4 is 5.73 Å². The van der Waals surface area contributed by atoms with Crippen molar-refractivity contribution in [3.05, 3.63) is 23.9 Å². The zero-order chi connectivity index (χ0) is 8.27. The van der Waals surface area contributed by atoms with Crippen LogP contribution in [0, 0.1) is 0 Å². The van der Waals surface area contributed by atoms with E-state index >= 15 is 0 Å². The highest BCUT2D eigenvalue weighted by Crippen LogP contribution is 2.14. The van der Waals surface area contributed by atoms with Gasteiger partial charge in [-0.15, -0.1) is 0 Å². The van der Waals surface area contributed by atoms with Crippen LogP contribution in [-0.4, -0.2) is 12.1 Å². The van der Waals surface area contributed by atoms with E-state index in [2.05, 4.69) is 4.98 Å². The number of anilines is 1. The van der Waals surface area contributed by atoms with Gasteiger partial charge in [0.2, 0.25) is 0 Å². The Bertz CT molecular complexity index is 220. The molecule has 1 heterocycles. The van der Waals surface area contributed by atoms with Gasteiger partial charge in [-0.25, -0.2) is 4.98 Å². The van der Waals surface area contributed by atoms with Crippen molar-refractivity contribution in [2.24, 2.45) is 0 Å².